The molecule has 90 valence electrons. The first-order chi connectivity index (χ1) is 8.25. The molecule has 2 N–H and O–H groups in total. The molecule has 1 atom stereocenters. The smallest absolute Gasteiger partial charge is 0.265 e. The molecule has 0 aromatic heterocycles. The summed E-state index contributed by atoms with van der Waals surface area (Å²) in [6, 6.07) is 7.71. The predicted octanol–water partition coefficient (Wildman–Crippen LogP) is 1.15. The van der Waals surface area contributed by atoms with E-state index in [0.717, 1.165) is 11.4 Å². The fourth-order valence-electron chi connectivity index (χ4n) is 2.24. The molecule has 1 aromatic rings. The summed E-state index contributed by atoms with van der Waals surface area (Å²) in [7, 11) is 0. The second-order valence-electron chi connectivity index (χ2n) is 4.76. The number of nitrogens with two attached hydrogens (primary N) is 1. The van der Waals surface area contributed by atoms with E-state index in [0.29, 0.717) is 12.5 Å². The van der Waals surface area contributed by atoms with E-state index in [1.165, 1.54) is 12.8 Å². The van der Waals surface area contributed by atoms with Crippen LogP contribution in [0.1, 0.15) is 12.8 Å². The van der Waals surface area contributed by atoms with Crippen molar-refractivity contribution in [1.82, 2.24) is 0 Å². The summed E-state index contributed by atoms with van der Waals surface area (Å²) in [6.45, 7) is 0.721. The highest BCUT2D eigenvalue weighted by molar-refractivity contribution is 5.97. The van der Waals surface area contributed by atoms with E-state index >= 15 is 0 Å². The van der Waals surface area contributed by atoms with Crippen LogP contribution in [0.2, 0.25) is 0 Å². The third-order valence-electron chi connectivity index (χ3n) is 3.43. The molecule has 1 aliphatic heterocycles. The van der Waals surface area contributed by atoms with Crippen molar-refractivity contribution in [3.05, 3.63) is 24.3 Å². The standard InChI is InChI=1S/C13H16N2O2/c14-10(9-5-6-9)7-15-11-3-1-2-4-12(11)17-8-13(15)16/h1-4,9-10H,5-8,14H2. The average Bonchev–Trinajstić information content (AvgIpc) is 3.17. The summed E-state index contributed by atoms with van der Waals surface area (Å²) in [6.07, 6.45) is 2.39. The van der Waals surface area contributed by atoms with Crippen molar-refractivity contribution in [3.63, 3.8) is 0 Å². The molecule has 1 heterocycles. The highest BCUT2D eigenvalue weighted by Crippen LogP contribution is 2.35. The molecule has 17 heavy (non-hydrogen) atoms. The minimum atomic E-state index is -0.000185. The Labute approximate surface area is 100 Å². The van der Waals surface area contributed by atoms with E-state index < -0.39 is 0 Å². The van der Waals surface area contributed by atoms with Gasteiger partial charge in [0.1, 0.15) is 5.75 Å². The van der Waals surface area contributed by atoms with Crippen LogP contribution in [0.3, 0.4) is 0 Å². The van der Waals surface area contributed by atoms with Gasteiger partial charge in [-0.3, -0.25) is 4.79 Å². The Balaban J connectivity index is 1.84. The molecule has 1 unspecified atom stereocenters. The van der Waals surface area contributed by atoms with Crippen LogP contribution in [-0.4, -0.2) is 25.1 Å². The number of carbonyl (C=O) groups is 1. The van der Waals surface area contributed by atoms with Gasteiger partial charge in [0.05, 0.1) is 5.69 Å². The molecule has 2 aliphatic rings. The Kier molecular flexibility index (Phi) is 2.52. The minimum absolute atomic E-state index is 0.000185. The van der Waals surface area contributed by atoms with Crippen molar-refractivity contribution < 1.29 is 9.53 Å². The molecule has 0 saturated heterocycles. The summed E-state index contributed by atoms with van der Waals surface area (Å²) in [5.41, 5.74) is 6.94. The van der Waals surface area contributed by atoms with Crippen LogP contribution >= 0.6 is 0 Å². The topological polar surface area (TPSA) is 55.6 Å². The van der Waals surface area contributed by atoms with Gasteiger partial charge in [0, 0.05) is 12.6 Å². The molecule has 1 saturated carbocycles. The molecule has 4 nitrogen and oxygen atoms in total. The second kappa shape index (κ2) is 4.04. The number of hydrogen-bond donors (Lipinski definition) is 1. The maximum Gasteiger partial charge on any atom is 0.265 e. The number of para-hydroxylation sites is 2. The largest absolute Gasteiger partial charge is 0.482 e. The van der Waals surface area contributed by atoms with Crippen molar-refractivity contribution in [2.75, 3.05) is 18.1 Å². The first kappa shape index (κ1) is 10.6. The third-order valence-corrected chi connectivity index (χ3v) is 3.43. The second-order valence-corrected chi connectivity index (χ2v) is 4.76. The number of anilines is 1. The van der Waals surface area contributed by atoms with E-state index in [2.05, 4.69) is 0 Å². The first-order valence-electron chi connectivity index (χ1n) is 6.03. The fraction of sp³-hybridized carbons (Fsp3) is 0.462. The lowest BCUT2D eigenvalue weighted by Gasteiger charge is -2.31. The van der Waals surface area contributed by atoms with Gasteiger partial charge in [0.15, 0.2) is 6.61 Å². The zero-order valence-corrected chi connectivity index (χ0v) is 9.63. The number of amides is 1. The van der Waals surface area contributed by atoms with Gasteiger partial charge in [0.25, 0.3) is 5.91 Å². The molecule has 1 aliphatic carbocycles. The number of benzene rings is 1. The van der Waals surface area contributed by atoms with Gasteiger partial charge in [-0.2, -0.15) is 0 Å². The first-order valence-corrected chi connectivity index (χ1v) is 6.03. The van der Waals surface area contributed by atoms with Crippen LogP contribution in [0.25, 0.3) is 0 Å². The van der Waals surface area contributed by atoms with Gasteiger partial charge in [-0.15, -0.1) is 0 Å². The number of ether oxygens (including phenoxy) is 1. The van der Waals surface area contributed by atoms with E-state index in [4.69, 9.17) is 10.5 Å². The Morgan fingerprint density at radius 1 is 1.41 bits per heavy atom. The molecule has 1 amide bonds. The maximum absolute atomic E-state index is 11.9. The predicted molar refractivity (Wildman–Crippen MR) is 65.0 cm³/mol. The van der Waals surface area contributed by atoms with Crippen molar-refractivity contribution in [3.8, 4) is 5.75 Å². The van der Waals surface area contributed by atoms with Gasteiger partial charge < -0.3 is 15.4 Å². The van der Waals surface area contributed by atoms with Crippen molar-refractivity contribution in [2.45, 2.75) is 18.9 Å². The Hall–Kier alpha value is -1.55. The number of hydrogen-bond acceptors (Lipinski definition) is 3. The molecule has 1 fully saturated rings. The van der Waals surface area contributed by atoms with E-state index in [1.54, 1.807) is 4.90 Å². The number of carbonyl (C=O) groups excluding carboxylic acids is 1. The maximum atomic E-state index is 11.9. The molecule has 3 rings (SSSR count). The van der Waals surface area contributed by atoms with Crippen molar-refractivity contribution >= 4 is 11.6 Å². The third kappa shape index (κ3) is 2.00. The fourth-order valence-corrected chi connectivity index (χ4v) is 2.24. The van der Waals surface area contributed by atoms with E-state index in [9.17, 15) is 4.79 Å². The lowest BCUT2D eigenvalue weighted by atomic mass is 10.1. The average molecular weight is 232 g/mol. The van der Waals surface area contributed by atoms with Gasteiger partial charge in [-0.25, -0.2) is 0 Å². The zero-order valence-electron chi connectivity index (χ0n) is 9.63. The van der Waals surface area contributed by atoms with Gasteiger partial charge >= 0.3 is 0 Å². The number of fused-ring (bicyclic) bond motifs is 1. The Morgan fingerprint density at radius 2 is 2.18 bits per heavy atom. The van der Waals surface area contributed by atoms with Crippen LogP contribution < -0.4 is 15.4 Å². The highest BCUT2D eigenvalue weighted by Gasteiger charge is 2.33. The van der Waals surface area contributed by atoms with Crippen molar-refractivity contribution in [2.24, 2.45) is 11.7 Å². The van der Waals surface area contributed by atoms with Gasteiger partial charge in [-0.1, -0.05) is 12.1 Å². The molecular weight excluding hydrogens is 216 g/mol. The SMILES string of the molecule is NC(CN1C(=O)COc2ccccc21)C1CC1. The number of rotatable bonds is 3. The van der Waals surface area contributed by atoms with Crippen LogP contribution in [0.4, 0.5) is 5.69 Å². The summed E-state index contributed by atoms with van der Waals surface area (Å²) in [4.78, 5) is 13.6. The minimum Gasteiger partial charge on any atom is -0.482 e. The molecule has 4 heteroatoms. The lowest BCUT2D eigenvalue weighted by molar-refractivity contribution is -0.121. The van der Waals surface area contributed by atoms with Crippen LogP contribution in [0.15, 0.2) is 24.3 Å². The monoisotopic (exact) mass is 232 g/mol. The quantitative estimate of drug-likeness (QED) is 0.850. The van der Waals surface area contributed by atoms with Gasteiger partial charge in [-0.05, 0) is 30.9 Å². The summed E-state index contributed by atoms with van der Waals surface area (Å²) >= 11 is 0. The molecule has 1 aromatic carbocycles. The molecular formula is C13H16N2O2. The summed E-state index contributed by atoms with van der Waals surface area (Å²) in [5, 5.41) is 0. The lowest BCUT2D eigenvalue weighted by Crippen LogP contribution is -2.46. The molecule has 0 bridgehead atoms. The van der Waals surface area contributed by atoms with Crippen LogP contribution in [0.5, 0.6) is 5.75 Å². The van der Waals surface area contributed by atoms with Crippen LogP contribution in [0, 0.1) is 5.92 Å². The van der Waals surface area contributed by atoms with E-state index in [1.807, 2.05) is 24.3 Å². The van der Waals surface area contributed by atoms with Gasteiger partial charge in [0.2, 0.25) is 0 Å². The molecule has 0 spiro atoms. The van der Waals surface area contributed by atoms with E-state index in [-0.39, 0.29) is 18.6 Å². The Morgan fingerprint density at radius 3 is 2.94 bits per heavy atom. The van der Waals surface area contributed by atoms with Crippen molar-refractivity contribution in [1.29, 1.82) is 0 Å². The summed E-state index contributed by atoms with van der Waals surface area (Å²) in [5.74, 6) is 1.37. The highest BCUT2D eigenvalue weighted by atomic mass is 16.5. The normalized spacial score (nSPS) is 20.8. The molecule has 0 radical (unpaired) electrons. The zero-order chi connectivity index (χ0) is 11.8. The van der Waals surface area contributed by atoms with Crippen LogP contribution in [-0.2, 0) is 4.79 Å². The Bertz CT molecular complexity index is 443. The number of nitrogens with zero attached hydrogens (tertiary/aromatic N) is 1. The summed E-state index contributed by atoms with van der Waals surface area (Å²) < 4.78 is 5.39.